The van der Waals surface area contributed by atoms with Crippen LogP contribution in [0.3, 0.4) is 0 Å². The number of nitrogens with one attached hydrogen (secondary N) is 1. The number of piperazine rings is 1. The van der Waals surface area contributed by atoms with E-state index in [1.54, 1.807) is 4.90 Å². The second-order valence-electron chi connectivity index (χ2n) is 5.60. The van der Waals surface area contributed by atoms with Gasteiger partial charge in [0.15, 0.2) is 0 Å². The van der Waals surface area contributed by atoms with Gasteiger partial charge in [0, 0.05) is 13.0 Å². The van der Waals surface area contributed by atoms with Gasteiger partial charge in [-0.2, -0.15) is 0 Å². The molecule has 1 saturated heterocycles. The number of amides is 2. The van der Waals surface area contributed by atoms with Crippen molar-refractivity contribution in [3.63, 3.8) is 0 Å². The van der Waals surface area contributed by atoms with Crippen LogP contribution in [0.15, 0.2) is 42.5 Å². The van der Waals surface area contributed by atoms with Gasteiger partial charge >= 0.3 is 0 Å². The van der Waals surface area contributed by atoms with Crippen molar-refractivity contribution in [3.8, 4) is 0 Å². The minimum atomic E-state index is -0.484. The zero-order valence-electron chi connectivity index (χ0n) is 12.6. The molecule has 2 amide bonds. The molecule has 112 valence electrons. The average Bonchev–Trinajstić information content (AvgIpc) is 2.45. The van der Waals surface area contributed by atoms with Crippen molar-refractivity contribution in [2.24, 2.45) is 0 Å². The fourth-order valence-electron chi connectivity index (χ4n) is 2.70. The van der Waals surface area contributed by atoms with Crippen LogP contribution in [0.25, 0.3) is 0 Å². The van der Waals surface area contributed by atoms with Gasteiger partial charge < -0.3 is 10.2 Å². The first kappa shape index (κ1) is 15.3. The van der Waals surface area contributed by atoms with Crippen LogP contribution in [0.5, 0.6) is 0 Å². The van der Waals surface area contributed by atoms with Gasteiger partial charge in [-0.1, -0.05) is 49.4 Å². The molecule has 1 aliphatic heterocycles. The number of nitrogens with zero attached hydrogens (tertiary/aromatic N) is 1. The quantitative estimate of drug-likeness (QED) is 0.841. The maximum Gasteiger partial charge on any atom is 0.246 e. The van der Waals surface area contributed by atoms with Crippen molar-refractivity contribution < 1.29 is 9.59 Å². The Balaban J connectivity index is 2.18. The Hall–Kier alpha value is -2.10. The van der Waals surface area contributed by atoms with E-state index < -0.39 is 6.04 Å². The van der Waals surface area contributed by atoms with Crippen molar-refractivity contribution in [2.75, 3.05) is 6.54 Å². The van der Waals surface area contributed by atoms with E-state index in [1.165, 1.54) is 0 Å². The SMILES string of the molecule is C=C(C)CN1C(=O)C(Cc2ccccc2)NC(=O)C1CC. The fraction of sp³-hybridized carbons (Fsp3) is 0.412. The Morgan fingerprint density at radius 2 is 1.95 bits per heavy atom. The summed E-state index contributed by atoms with van der Waals surface area (Å²) in [6, 6.07) is 8.87. The molecule has 1 aromatic carbocycles. The van der Waals surface area contributed by atoms with E-state index in [2.05, 4.69) is 11.9 Å². The highest BCUT2D eigenvalue weighted by Crippen LogP contribution is 2.17. The van der Waals surface area contributed by atoms with Crippen LogP contribution in [-0.2, 0) is 16.0 Å². The Kier molecular flexibility index (Phi) is 4.78. The number of hydrogen-bond acceptors (Lipinski definition) is 2. The molecule has 1 aliphatic rings. The van der Waals surface area contributed by atoms with E-state index in [-0.39, 0.29) is 17.9 Å². The summed E-state index contributed by atoms with van der Waals surface area (Å²) in [4.78, 5) is 26.5. The Morgan fingerprint density at radius 3 is 2.52 bits per heavy atom. The first-order chi connectivity index (χ1) is 10.0. The van der Waals surface area contributed by atoms with E-state index in [0.29, 0.717) is 19.4 Å². The predicted molar refractivity (Wildman–Crippen MR) is 82.7 cm³/mol. The molecule has 0 bridgehead atoms. The van der Waals surface area contributed by atoms with Gasteiger partial charge in [-0.25, -0.2) is 0 Å². The van der Waals surface area contributed by atoms with Crippen molar-refractivity contribution in [1.82, 2.24) is 10.2 Å². The second-order valence-corrected chi connectivity index (χ2v) is 5.60. The molecule has 4 heteroatoms. The third-order valence-electron chi connectivity index (χ3n) is 3.69. The molecule has 2 unspecified atom stereocenters. The van der Waals surface area contributed by atoms with Crippen LogP contribution < -0.4 is 5.32 Å². The highest BCUT2D eigenvalue weighted by atomic mass is 16.2. The zero-order chi connectivity index (χ0) is 15.4. The van der Waals surface area contributed by atoms with Crippen LogP contribution in [0, 0.1) is 0 Å². The van der Waals surface area contributed by atoms with Crippen LogP contribution in [0.2, 0.25) is 0 Å². The highest BCUT2D eigenvalue weighted by molar-refractivity contribution is 5.97. The van der Waals surface area contributed by atoms with Gasteiger partial charge in [0.05, 0.1) is 0 Å². The molecule has 1 fully saturated rings. The lowest BCUT2D eigenvalue weighted by Crippen LogP contribution is -2.63. The number of carbonyl (C=O) groups is 2. The van der Waals surface area contributed by atoms with Gasteiger partial charge in [-0.15, -0.1) is 0 Å². The zero-order valence-corrected chi connectivity index (χ0v) is 12.6. The van der Waals surface area contributed by atoms with Gasteiger partial charge in [0.1, 0.15) is 12.1 Å². The van der Waals surface area contributed by atoms with Crippen molar-refractivity contribution >= 4 is 11.8 Å². The summed E-state index contributed by atoms with van der Waals surface area (Å²) in [6.07, 6.45) is 1.14. The van der Waals surface area contributed by atoms with E-state index in [0.717, 1.165) is 11.1 Å². The molecule has 21 heavy (non-hydrogen) atoms. The number of carbonyl (C=O) groups excluding carboxylic acids is 2. The third kappa shape index (κ3) is 3.51. The third-order valence-corrected chi connectivity index (χ3v) is 3.69. The van der Waals surface area contributed by atoms with Crippen LogP contribution >= 0.6 is 0 Å². The van der Waals surface area contributed by atoms with Gasteiger partial charge in [-0.3, -0.25) is 9.59 Å². The minimum Gasteiger partial charge on any atom is -0.342 e. The standard InChI is InChI=1S/C17H22N2O2/c1-4-15-16(20)18-14(10-13-8-6-5-7-9-13)17(21)19(15)11-12(2)3/h5-9,14-15H,2,4,10-11H2,1,3H3,(H,18,20). The summed E-state index contributed by atoms with van der Waals surface area (Å²) in [6.45, 7) is 8.09. The number of benzene rings is 1. The molecule has 0 spiro atoms. The first-order valence-electron chi connectivity index (χ1n) is 7.32. The summed E-state index contributed by atoms with van der Waals surface area (Å²) in [5.74, 6) is -0.0902. The monoisotopic (exact) mass is 286 g/mol. The van der Waals surface area contributed by atoms with E-state index in [1.807, 2.05) is 44.2 Å². The lowest BCUT2D eigenvalue weighted by molar-refractivity contribution is -0.148. The molecule has 1 aromatic rings. The molecule has 2 rings (SSSR count). The number of rotatable bonds is 5. The average molecular weight is 286 g/mol. The lowest BCUT2D eigenvalue weighted by Gasteiger charge is -2.38. The van der Waals surface area contributed by atoms with Crippen molar-refractivity contribution in [3.05, 3.63) is 48.0 Å². The molecular weight excluding hydrogens is 264 g/mol. The van der Waals surface area contributed by atoms with Crippen LogP contribution in [0.1, 0.15) is 25.8 Å². The summed E-state index contributed by atoms with van der Waals surface area (Å²) in [5, 5.41) is 2.86. The van der Waals surface area contributed by atoms with Gasteiger partial charge in [0.25, 0.3) is 0 Å². The minimum absolute atomic E-state index is 0.0201. The maximum absolute atomic E-state index is 12.7. The lowest BCUT2D eigenvalue weighted by atomic mass is 9.99. The normalized spacial score (nSPS) is 22.1. The highest BCUT2D eigenvalue weighted by Gasteiger charge is 2.39. The molecule has 0 aromatic heterocycles. The molecule has 0 saturated carbocycles. The summed E-state index contributed by atoms with van der Waals surface area (Å²) < 4.78 is 0. The van der Waals surface area contributed by atoms with Gasteiger partial charge in [0.2, 0.25) is 11.8 Å². The summed E-state index contributed by atoms with van der Waals surface area (Å²) >= 11 is 0. The summed E-state index contributed by atoms with van der Waals surface area (Å²) in [7, 11) is 0. The molecule has 0 aliphatic carbocycles. The van der Waals surface area contributed by atoms with Crippen LogP contribution in [0.4, 0.5) is 0 Å². The van der Waals surface area contributed by atoms with Crippen molar-refractivity contribution in [1.29, 1.82) is 0 Å². The summed E-state index contributed by atoms with van der Waals surface area (Å²) in [5.41, 5.74) is 1.93. The Labute approximate surface area is 125 Å². The molecule has 2 atom stereocenters. The Bertz CT molecular complexity index is 539. The molecule has 4 nitrogen and oxygen atoms in total. The van der Waals surface area contributed by atoms with E-state index >= 15 is 0 Å². The molecular formula is C17H22N2O2. The van der Waals surface area contributed by atoms with E-state index in [9.17, 15) is 9.59 Å². The molecule has 0 radical (unpaired) electrons. The predicted octanol–water partition coefficient (Wildman–Crippen LogP) is 1.91. The molecule has 1 heterocycles. The first-order valence-corrected chi connectivity index (χ1v) is 7.32. The van der Waals surface area contributed by atoms with E-state index in [4.69, 9.17) is 0 Å². The molecule has 1 N–H and O–H groups in total. The second kappa shape index (κ2) is 6.57. The number of hydrogen-bond donors (Lipinski definition) is 1. The van der Waals surface area contributed by atoms with Gasteiger partial charge in [-0.05, 0) is 18.9 Å². The van der Waals surface area contributed by atoms with Crippen LogP contribution in [-0.4, -0.2) is 35.3 Å². The Morgan fingerprint density at radius 1 is 1.29 bits per heavy atom. The fourth-order valence-corrected chi connectivity index (χ4v) is 2.70. The maximum atomic E-state index is 12.7. The smallest absolute Gasteiger partial charge is 0.246 e. The van der Waals surface area contributed by atoms with Crippen molar-refractivity contribution in [2.45, 2.75) is 38.8 Å². The topological polar surface area (TPSA) is 49.4 Å². The largest absolute Gasteiger partial charge is 0.342 e.